The molecule has 75 heavy (non-hydrogen) atoms. The SMILES string of the molecule is C=Cc1ccc(-c2ccc(-c3nnc(-c4ccc(C(C)(C)C)cc4)o3)cc2)cc1.C=Cc1ccc(N(c2cccc(C)c2)c2ccc(-c3ccc(N(c4cccc(C)c4)c4cccc(C)c4)c(C)c3)cc2C)cc1C. The van der Waals surface area contributed by atoms with Gasteiger partial charge in [0.25, 0.3) is 0 Å². The van der Waals surface area contributed by atoms with E-state index in [-0.39, 0.29) is 5.41 Å². The summed E-state index contributed by atoms with van der Waals surface area (Å²) in [6, 6.07) is 71.2. The monoisotopic (exact) mass is 979 g/mol. The second-order valence-corrected chi connectivity index (χ2v) is 20.6. The van der Waals surface area contributed by atoms with Crippen molar-refractivity contribution in [3.8, 4) is 45.2 Å². The molecule has 0 unspecified atom stereocenters. The van der Waals surface area contributed by atoms with Crippen LogP contribution in [0.3, 0.4) is 0 Å². The quantitative estimate of drug-likeness (QED) is 0.122. The van der Waals surface area contributed by atoms with Gasteiger partial charge in [-0.05, 0) is 216 Å². The molecule has 9 aromatic carbocycles. The summed E-state index contributed by atoms with van der Waals surface area (Å²) < 4.78 is 5.92. The summed E-state index contributed by atoms with van der Waals surface area (Å²) in [5.74, 6) is 1.05. The zero-order valence-corrected chi connectivity index (χ0v) is 44.8. The van der Waals surface area contributed by atoms with E-state index >= 15 is 0 Å². The first-order valence-electron chi connectivity index (χ1n) is 25.7. The number of aromatic nitrogens is 2. The lowest BCUT2D eigenvalue weighted by atomic mass is 9.87. The lowest BCUT2D eigenvalue weighted by Crippen LogP contribution is -2.12. The maximum Gasteiger partial charge on any atom is 0.248 e. The van der Waals surface area contributed by atoms with Crippen LogP contribution in [0.25, 0.3) is 57.3 Å². The van der Waals surface area contributed by atoms with Gasteiger partial charge < -0.3 is 14.2 Å². The molecule has 0 saturated carbocycles. The zero-order chi connectivity index (χ0) is 52.8. The van der Waals surface area contributed by atoms with E-state index in [1.807, 2.05) is 36.4 Å². The lowest BCUT2D eigenvalue weighted by molar-refractivity contribution is 0.582. The van der Waals surface area contributed by atoms with E-state index in [9.17, 15) is 0 Å². The van der Waals surface area contributed by atoms with Crippen LogP contribution in [0.2, 0.25) is 0 Å². The van der Waals surface area contributed by atoms with Crippen LogP contribution < -0.4 is 9.80 Å². The summed E-state index contributed by atoms with van der Waals surface area (Å²) in [5, 5.41) is 8.46. The maximum absolute atomic E-state index is 5.92. The average Bonchev–Trinajstić information content (AvgIpc) is 3.91. The third-order valence-electron chi connectivity index (χ3n) is 13.8. The van der Waals surface area contributed by atoms with Crippen LogP contribution in [-0.4, -0.2) is 10.2 Å². The Morgan fingerprint density at radius 1 is 0.387 bits per heavy atom. The van der Waals surface area contributed by atoms with Crippen molar-refractivity contribution >= 4 is 46.3 Å². The fourth-order valence-electron chi connectivity index (χ4n) is 9.54. The van der Waals surface area contributed by atoms with Crippen molar-refractivity contribution in [2.45, 2.75) is 67.7 Å². The number of nitrogens with zero attached hydrogens (tertiary/aromatic N) is 4. The molecule has 5 nitrogen and oxygen atoms in total. The van der Waals surface area contributed by atoms with Crippen molar-refractivity contribution in [1.29, 1.82) is 0 Å². The van der Waals surface area contributed by atoms with Gasteiger partial charge in [0.15, 0.2) is 0 Å². The van der Waals surface area contributed by atoms with Crippen molar-refractivity contribution in [3.05, 3.63) is 263 Å². The highest BCUT2D eigenvalue weighted by atomic mass is 16.4. The van der Waals surface area contributed by atoms with E-state index in [1.54, 1.807) is 0 Å². The minimum atomic E-state index is 0.117. The summed E-state index contributed by atoms with van der Waals surface area (Å²) in [7, 11) is 0. The molecule has 10 rings (SSSR count). The van der Waals surface area contributed by atoms with Gasteiger partial charge in [-0.25, -0.2) is 0 Å². The summed E-state index contributed by atoms with van der Waals surface area (Å²) >= 11 is 0. The standard InChI is InChI=1S/C44H42N2.C26H24N2O/c1-8-36-18-21-42(29-33(36)5)46(41-17-11-14-32(4)26-41)44-23-20-38(28-35(44)7)37-19-22-43(34(6)27-37)45(39-15-9-12-30(2)24-39)40-16-10-13-31(3)25-40;1-5-18-6-8-19(9-7-18)20-10-12-21(13-11-20)24-27-28-25(29-24)22-14-16-23(17-15-22)26(2,3)4/h8-29H,1H2,2-7H3;5-17H,1H2,2-4H3. The molecule has 0 N–H and O–H groups in total. The molecule has 5 heteroatoms. The summed E-state index contributed by atoms with van der Waals surface area (Å²) in [6.07, 6.45) is 3.77. The van der Waals surface area contributed by atoms with Gasteiger partial charge in [0.2, 0.25) is 11.8 Å². The molecule has 0 aliphatic carbocycles. The lowest BCUT2D eigenvalue weighted by Gasteiger charge is -2.29. The van der Waals surface area contributed by atoms with Crippen LogP contribution in [0.5, 0.6) is 0 Å². The Kier molecular flexibility index (Phi) is 15.1. The third-order valence-corrected chi connectivity index (χ3v) is 13.8. The van der Waals surface area contributed by atoms with Crippen molar-refractivity contribution in [2.24, 2.45) is 0 Å². The number of benzene rings is 9. The van der Waals surface area contributed by atoms with Crippen LogP contribution in [0.15, 0.2) is 218 Å². The first-order valence-corrected chi connectivity index (χ1v) is 25.7. The number of hydrogen-bond acceptors (Lipinski definition) is 5. The van der Waals surface area contributed by atoms with Crippen LogP contribution in [0, 0.1) is 41.5 Å². The normalized spacial score (nSPS) is 11.1. The highest BCUT2D eigenvalue weighted by molar-refractivity contribution is 5.84. The summed E-state index contributed by atoms with van der Waals surface area (Å²) in [5.41, 5.74) is 24.5. The fourth-order valence-corrected chi connectivity index (χ4v) is 9.54. The van der Waals surface area contributed by atoms with E-state index in [1.165, 1.54) is 61.4 Å². The molecule has 0 amide bonds. The fraction of sp³-hybridized carbons (Fsp3) is 0.143. The average molecular weight is 979 g/mol. The highest BCUT2D eigenvalue weighted by Gasteiger charge is 2.20. The van der Waals surface area contributed by atoms with Gasteiger partial charge in [-0.3, -0.25) is 0 Å². The second-order valence-electron chi connectivity index (χ2n) is 20.6. The van der Waals surface area contributed by atoms with Gasteiger partial charge >= 0.3 is 0 Å². The van der Waals surface area contributed by atoms with E-state index in [2.05, 4.69) is 271 Å². The molecule has 0 atom stereocenters. The van der Waals surface area contributed by atoms with Gasteiger partial charge in [-0.1, -0.05) is 149 Å². The number of hydrogen-bond donors (Lipinski definition) is 0. The maximum atomic E-state index is 5.92. The minimum Gasteiger partial charge on any atom is -0.416 e. The van der Waals surface area contributed by atoms with E-state index < -0.39 is 0 Å². The van der Waals surface area contributed by atoms with Crippen molar-refractivity contribution in [2.75, 3.05) is 9.80 Å². The summed E-state index contributed by atoms with van der Waals surface area (Å²) in [4.78, 5) is 4.73. The largest absolute Gasteiger partial charge is 0.416 e. The minimum absolute atomic E-state index is 0.117. The second kappa shape index (κ2) is 22.1. The Labute approximate surface area is 444 Å². The van der Waals surface area contributed by atoms with Gasteiger partial charge in [0.05, 0.1) is 0 Å². The predicted molar refractivity (Wildman–Crippen MR) is 319 cm³/mol. The van der Waals surface area contributed by atoms with E-state index in [4.69, 9.17) is 4.42 Å². The van der Waals surface area contributed by atoms with E-state index in [0.29, 0.717) is 11.8 Å². The molecule has 372 valence electrons. The molecule has 0 bridgehead atoms. The molecule has 10 aromatic rings. The van der Waals surface area contributed by atoms with E-state index in [0.717, 1.165) is 56.1 Å². The van der Waals surface area contributed by atoms with Crippen molar-refractivity contribution in [3.63, 3.8) is 0 Å². The van der Waals surface area contributed by atoms with Crippen LogP contribution >= 0.6 is 0 Å². The smallest absolute Gasteiger partial charge is 0.248 e. The molecule has 0 fully saturated rings. The predicted octanol–water partition coefficient (Wildman–Crippen LogP) is 19.8. The molecule has 0 radical (unpaired) electrons. The number of aryl methyl sites for hydroxylation is 6. The van der Waals surface area contributed by atoms with Gasteiger partial charge in [-0.2, -0.15) is 0 Å². The topological polar surface area (TPSA) is 45.4 Å². The van der Waals surface area contributed by atoms with Crippen molar-refractivity contribution in [1.82, 2.24) is 10.2 Å². The molecule has 1 aromatic heterocycles. The Balaban J connectivity index is 0.000000204. The third kappa shape index (κ3) is 11.7. The number of anilines is 6. The van der Waals surface area contributed by atoms with Gasteiger partial charge in [0, 0.05) is 45.3 Å². The molecule has 0 aliphatic heterocycles. The Bertz CT molecular complexity index is 3590. The molecule has 0 aliphatic rings. The molecule has 1 heterocycles. The van der Waals surface area contributed by atoms with Gasteiger partial charge in [-0.15, -0.1) is 10.2 Å². The first kappa shape index (κ1) is 51.1. The Morgan fingerprint density at radius 2 is 0.787 bits per heavy atom. The highest BCUT2D eigenvalue weighted by Crippen LogP contribution is 2.42. The van der Waals surface area contributed by atoms with Gasteiger partial charge in [0.1, 0.15) is 0 Å². The van der Waals surface area contributed by atoms with Crippen LogP contribution in [0.1, 0.15) is 70.8 Å². The first-order chi connectivity index (χ1) is 36.1. The zero-order valence-electron chi connectivity index (χ0n) is 44.8. The van der Waals surface area contributed by atoms with Crippen LogP contribution in [0.4, 0.5) is 34.1 Å². The number of rotatable bonds is 12. The van der Waals surface area contributed by atoms with Crippen molar-refractivity contribution < 1.29 is 4.42 Å². The molecule has 0 spiro atoms. The molecular formula is C70H66N4O. The molecule has 0 saturated heterocycles. The molecular weight excluding hydrogens is 913 g/mol. The Hall–Kier alpha value is -8.80. The van der Waals surface area contributed by atoms with Crippen LogP contribution in [-0.2, 0) is 5.41 Å². The summed E-state index contributed by atoms with van der Waals surface area (Å²) in [6.45, 7) is 27.4. The Morgan fingerprint density at radius 3 is 1.17 bits per heavy atom.